The Kier molecular flexibility index (Phi) is 4.16. The van der Waals surface area contributed by atoms with E-state index in [-0.39, 0.29) is 11.7 Å². The van der Waals surface area contributed by atoms with Crippen LogP contribution in [0.4, 0.5) is 18.9 Å². The van der Waals surface area contributed by atoms with Gasteiger partial charge in [0.1, 0.15) is 0 Å². The summed E-state index contributed by atoms with van der Waals surface area (Å²) in [7, 11) is 0. The highest BCUT2D eigenvalue weighted by molar-refractivity contribution is 5.90. The summed E-state index contributed by atoms with van der Waals surface area (Å²) >= 11 is 0. The molecule has 128 valence electrons. The number of aromatic nitrogens is 2. The van der Waals surface area contributed by atoms with Crippen LogP contribution in [-0.2, 0) is 6.18 Å². The Morgan fingerprint density at radius 1 is 1.21 bits per heavy atom. The Balaban J connectivity index is 1.66. The molecule has 0 unspecified atom stereocenters. The van der Waals surface area contributed by atoms with E-state index >= 15 is 0 Å². The van der Waals surface area contributed by atoms with Gasteiger partial charge >= 0.3 is 6.18 Å². The molecule has 2 heterocycles. The fourth-order valence-corrected chi connectivity index (χ4v) is 2.57. The fourth-order valence-electron chi connectivity index (χ4n) is 2.57. The van der Waals surface area contributed by atoms with Crippen molar-refractivity contribution in [3.63, 3.8) is 0 Å². The number of piperazine rings is 1. The van der Waals surface area contributed by atoms with E-state index < -0.39 is 11.7 Å². The molecule has 0 aliphatic carbocycles. The van der Waals surface area contributed by atoms with Gasteiger partial charge < -0.3 is 14.3 Å². The molecule has 1 amide bonds. The maximum atomic E-state index is 12.8. The summed E-state index contributed by atoms with van der Waals surface area (Å²) in [6.07, 6.45) is -4.37. The van der Waals surface area contributed by atoms with Crippen LogP contribution in [0.3, 0.4) is 0 Å². The number of hydrogen-bond donors (Lipinski definition) is 0. The fraction of sp³-hybridized carbons (Fsp3) is 0.400. The third-order valence-electron chi connectivity index (χ3n) is 3.82. The summed E-state index contributed by atoms with van der Waals surface area (Å²) in [5, 5.41) is 3.59. The van der Waals surface area contributed by atoms with Crippen molar-refractivity contribution in [1.82, 2.24) is 15.0 Å². The van der Waals surface area contributed by atoms with E-state index in [1.54, 1.807) is 17.9 Å². The second kappa shape index (κ2) is 6.14. The topological polar surface area (TPSA) is 62.5 Å². The Labute approximate surface area is 135 Å². The number of hydrogen-bond acceptors (Lipinski definition) is 5. The number of anilines is 1. The highest BCUT2D eigenvalue weighted by atomic mass is 19.4. The minimum Gasteiger partial charge on any atom is -0.368 e. The summed E-state index contributed by atoms with van der Waals surface area (Å²) < 4.78 is 43.2. The summed E-state index contributed by atoms with van der Waals surface area (Å²) in [6.45, 7) is 3.22. The lowest BCUT2D eigenvalue weighted by atomic mass is 10.1. The minimum absolute atomic E-state index is 0.0000174. The first kappa shape index (κ1) is 16.3. The number of rotatable bonds is 2. The van der Waals surface area contributed by atoms with Crippen LogP contribution in [0, 0.1) is 6.92 Å². The van der Waals surface area contributed by atoms with E-state index in [1.807, 2.05) is 4.90 Å². The van der Waals surface area contributed by atoms with E-state index in [1.165, 1.54) is 6.07 Å². The minimum atomic E-state index is -4.37. The molecule has 1 aliphatic rings. The van der Waals surface area contributed by atoms with E-state index in [9.17, 15) is 18.0 Å². The van der Waals surface area contributed by atoms with Gasteiger partial charge in [-0.05, 0) is 18.2 Å². The Morgan fingerprint density at radius 2 is 1.92 bits per heavy atom. The third kappa shape index (κ3) is 3.34. The van der Waals surface area contributed by atoms with Crippen molar-refractivity contribution >= 4 is 11.6 Å². The van der Waals surface area contributed by atoms with Crippen LogP contribution in [-0.4, -0.2) is 47.1 Å². The van der Waals surface area contributed by atoms with E-state index in [2.05, 4.69) is 10.1 Å². The molecule has 3 rings (SSSR count). The normalized spacial score (nSPS) is 15.7. The van der Waals surface area contributed by atoms with Gasteiger partial charge in [0.25, 0.3) is 11.7 Å². The highest BCUT2D eigenvalue weighted by Crippen LogP contribution is 2.31. The van der Waals surface area contributed by atoms with Gasteiger partial charge in [-0.25, -0.2) is 0 Å². The molecule has 6 nitrogen and oxygen atoms in total. The Hall–Kier alpha value is -2.58. The van der Waals surface area contributed by atoms with E-state index in [0.29, 0.717) is 37.8 Å². The monoisotopic (exact) mass is 340 g/mol. The van der Waals surface area contributed by atoms with Crippen LogP contribution in [0.1, 0.15) is 22.1 Å². The van der Waals surface area contributed by atoms with Crippen LogP contribution in [0.2, 0.25) is 0 Å². The molecule has 2 aromatic rings. The molecule has 0 N–H and O–H groups in total. The number of alkyl halides is 3. The molecule has 0 spiro atoms. The zero-order valence-electron chi connectivity index (χ0n) is 12.9. The van der Waals surface area contributed by atoms with Crippen molar-refractivity contribution in [2.45, 2.75) is 13.1 Å². The summed E-state index contributed by atoms with van der Waals surface area (Å²) in [5.74, 6) is -0.0310. The van der Waals surface area contributed by atoms with Gasteiger partial charge in [-0.15, -0.1) is 0 Å². The van der Waals surface area contributed by atoms with Crippen molar-refractivity contribution < 1.29 is 22.5 Å². The average Bonchev–Trinajstić information content (AvgIpc) is 3.00. The molecular weight excluding hydrogens is 325 g/mol. The highest BCUT2D eigenvalue weighted by Gasteiger charge is 2.31. The van der Waals surface area contributed by atoms with Crippen molar-refractivity contribution in [3.05, 3.63) is 41.5 Å². The van der Waals surface area contributed by atoms with Crippen LogP contribution >= 0.6 is 0 Å². The largest absolute Gasteiger partial charge is 0.416 e. The molecule has 1 aromatic carbocycles. The van der Waals surface area contributed by atoms with Crippen molar-refractivity contribution in [2.75, 3.05) is 31.1 Å². The quantitative estimate of drug-likeness (QED) is 0.840. The second-order valence-electron chi connectivity index (χ2n) is 5.46. The lowest BCUT2D eigenvalue weighted by Gasteiger charge is -2.35. The van der Waals surface area contributed by atoms with Gasteiger partial charge in [-0.3, -0.25) is 4.79 Å². The van der Waals surface area contributed by atoms with E-state index in [0.717, 1.165) is 12.1 Å². The van der Waals surface area contributed by atoms with Gasteiger partial charge in [0.2, 0.25) is 5.89 Å². The molecular formula is C15H15F3N4O2. The number of carbonyl (C=O) groups excluding carboxylic acids is 1. The van der Waals surface area contributed by atoms with Crippen molar-refractivity contribution in [2.24, 2.45) is 0 Å². The first-order valence-electron chi connectivity index (χ1n) is 7.36. The molecule has 0 saturated carbocycles. The van der Waals surface area contributed by atoms with Gasteiger partial charge in [0, 0.05) is 38.8 Å². The number of benzene rings is 1. The maximum absolute atomic E-state index is 12.8. The summed E-state index contributed by atoms with van der Waals surface area (Å²) in [5.41, 5.74) is -0.187. The number of amides is 1. The molecule has 0 bridgehead atoms. The number of nitrogens with zero attached hydrogens (tertiary/aromatic N) is 4. The van der Waals surface area contributed by atoms with Crippen LogP contribution in [0.25, 0.3) is 0 Å². The number of carbonyl (C=O) groups is 1. The SMILES string of the molecule is Cc1nc(C(=O)N2CCN(c3cccc(C(F)(F)F)c3)CC2)no1. The molecule has 9 heteroatoms. The first-order valence-corrected chi connectivity index (χ1v) is 7.36. The van der Waals surface area contributed by atoms with Gasteiger partial charge in [-0.1, -0.05) is 11.2 Å². The zero-order chi connectivity index (χ0) is 17.3. The van der Waals surface area contributed by atoms with Crippen LogP contribution < -0.4 is 4.90 Å². The molecule has 1 aliphatic heterocycles. The first-order chi connectivity index (χ1) is 11.3. The zero-order valence-corrected chi connectivity index (χ0v) is 12.9. The van der Waals surface area contributed by atoms with Crippen LogP contribution in [0.5, 0.6) is 0 Å². The predicted molar refractivity (Wildman–Crippen MR) is 78.6 cm³/mol. The molecule has 0 radical (unpaired) electrons. The predicted octanol–water partition coefficient (Wildman–Crippen LogP) is 2.36. The lowest BCUT2D eigenvalue weighted by molar-refractivity contribution is -0.137. The van der Waals surface area contributed by atoms with Gasteiger partial charge in [0.15, 0.2) is 0 Å². The molecule has 0 atom stereocenters. The van der Waals surface area contributed by atoms with Gasteiger partial charge in [0.05, 0.1) is 5.56 Å². The average molecular weight is 340 g/mol. The lowest BCUT2D eigenvalue weighted by Crippen LogP contribution is -2.49. The van der Waals surface area contributed by atoms with E-state index in [4.69, 9.17) is 4.52 Å². The molecule has 1 fully saturated rings. The van der Waals surface area contributed by atoms with Gasteiger partial charge in [-0.2, -0.15) is 18.2 Å². The summed E-state index contributed by atoms with van der Waals surface area (Å²) in [6, 6.07) is 5.19. The second-order valence-corrected chi connectivity index (χ2v) is 5.46. The Morgan fingerprint density at radius 3 is 2.50 bits per heavy atom. The summed E-state index contributed by atoms with van der Waals surface area (Å²) in [4.78, 5) is 19.5. The standard InChI is InChI=1S/C15H15F3N4O2/c1-10-19-13(20-24-10)14(23)22-7-5-21(6-8-22)12-4-2-3-11(9-12)15(16,17)18/h2-4,9H,5-8H2,1H3. The van der Waals surface area contributed by atoms with Crippen LogP contribution in [0.15, 0.2) is 28.8 Å². The molecule has 1 aromatic heterocycles. The third-order valence-corrected chi connectivity index (χ3v) is 3.82. The number of halogens is 3. The maximum Gasteiger partial charge on any atom is 0.416 e. The van der Waals surface area contributed by atoms with Crippen molar-refractivity contribution in [1.29, 1.82) is 0 Å². The molecule has 24 heavy (non-hydrogen) atoms. The smallest absolute Gasteiger partial charge is 0.368 e. The Bertz CT molecular complexity index is 736. The number of aryl methyl sites for hydroxylation is 1. The molecule has 1 saturated heterocycles. The van der Waals surface area contributed by atoms with Crippen molar-refractivity contribution in [3.8, 4) is 0 Å².